The van der Waals surface area contributed by atoms with E-state index in [1.54, 1.807) is 12.1 Å². The fraction of sp³-hybridized carbons (Fsp3) is 0.364. The van der Waals surface area contributed by atoms with E-state index >= 15 is 0 Å². The molecule has 0 aliphatic heterocycles. The van der Waals surface area contributed by atoms with E-state index in [0.29, 0.717) is 6.42 Å². The van der Waals surface area contributed by atoms with E-state index in [4.69, 9.17) is 5.26 Å². The van der Waals surface area contributed by atoms with Crippen LogP contribution < -0.4 is 0 Å². The van der Waals surface area contributed by atoms with Crippen molar-refractivity contribution < 1.29 is 4.92 Å². The van der Waals surface area contributed by atoms with Crippen molar-refractivity contribution in [3.8, 4) is 6.07 Å². The number of nitriles is 1. The Morgan fingerprint density at radius 3 is 2.53 bits per heavy atom. The summed E-state index contributed by atoms with van der Waals surface area (Å²) in [7, 11) is 0. The van der Waals surface area contributed by atoms with Crippen LogP contribution in [-0.2, 0) is 0 Å². The van der Waals surface area contributed by atoms with Crippen LogP contribution >= 0.6 is 0 Å². The molecule has 1 unspecified atom stereocenters. The van der Waals surface area contributed by atoms with E-state index in [9.17, 15) is 10.1 Å². The van der Waals surface area contributed by atoms with Gasteiger partial charge in [0.15, 0.2) is 0 Å². The Balaban J connectivity index is 2.71. The van der Waals surface area contributed by atoms with Crippen LogP contribution in [0.4, 0.5) is 5.69 Å². The Labute approximate surface area is 88.3 Å². The van der Waals surface area contributed by atoms with E-state index in [1.165, 1.54) is 12.1 Å². The van der Waals surface area contributed by atoms with Crippen molar-refractivity contribution >= 4 is 5.69 Å². The summed E-state index contributed by atoms with van der Waals surface area (Å²) in [5.41, 5.74) is 1.14. The quantitative estimate of drug-likeness (QED) is 0.559. The number of benzene rings is 1. The van der Waals surface area contributed by atoms with Crippen molar-refractivity contribution in [3.05, 3.63) is 39.9 Å². The molecule has 0 amide bonds. The van der Waals surface area contributed by atoms with Crippen molar-refractivity contribution in [3.63, 3.8) is 0 Å². The summed E-state index contributed by atoms with van der Waals surface area (Å²) in [4.78, 5) is 10.0. The molecule has 15 heavy (non-hydrogen) atoms. The summed E-state index contributed by atoms with van der Waals surface area (Å²) in [5, 5.41) is 18.9. The summed E-state index contributed by atoms with van der Waals surface area (Å²) in [6.45, 7) is 2.01. The SMILES string of the molecule is CC(CCC#N)c1ccc([N+](=O)[O-])cc1. The minimum Gasteiger partial charge on any atom is -0.258 e. The van der Waals surface area contributed by atoms with Crippen LogP contribution in [0.15, 0.2) is 24.3 Å². The van der Waals surface area contributed by atoms with Gasteiger partial charge in [0, 0.05) is 18.6 Å². The first-order chi connectivity index (χ1) is 7.15. The Hall–Kier alpha value is -1.89. The lowest BCUT2D eigenvalue weighted by Crippen LogP contribution is -1.94. The van der Waals surface area contributed by atoms with Crippen molar-refractivity contribution in [1.29, 1.82) is 5.26 Å². The highest BCUT2D eigenvalue weighted by Gasteiger charge is 2.08. The van der Waals surface area contributed by atoms with Crippen molar-refractivity contribution in [2.75, 3.05) is 0 Å². The molecule has 0 radical (unpaired) electrons. The molecule has 0 fully saturated rings. The number of nitro benzene ring substituents is 1. The molecule has 0 saturated heterocycles. The van der Waals surface area contributed by atoms with Gasteiger partial charge in [-0.3, -0.25) is 10.1 Å². The fourth-order valence-electron chi connectivity index (χ4n) is 1.37. The van der Waals surface area contributed by atoms with Gasteiger partial charge in [-0.2, -0.15) is 5.26 Å². The summed E-state index contributed by atoms with van der Waals surface area (Å²) in [6.07, 6.45) is 1.30. The second-order valence-electron chi connectivity index (χ2n) is 3.45. The molecule has 0 bridgehead atoms. The Morgan fingerprint density at radius 2 is 2.07 bits per heavy atom. The van der Waals surface area contributed by atoms with Crippen LogP contribution in [0.5, 0.6) is 0 Å². The van der Waals surface area contributed by atoms with Gasteiger partial charge in [-0.1, -0.05) is 19.1 Å². The highest BCUT2D eigenvalue weighted by molar-refractivity contribution is 5.34. The molecular formula is C11H12N2O2. The maximum Gasteiger partial charge on any atom is 0.269 e. The molecule has 4 nitrogen and oxygen atoms in total. The maximum atomic E-state index is 10.4. The van der Waals surface area contributed by atoms with Gasteiger partial charge in [0.2, 0.25) is 0 Å². The number of hydrogen-bond acceptors (Lipinski definition) is 3. The first-order valence-electron chi connectivity index (χ1n) is 4.76. The molecule has 0 aromatic heterocycles. The molecule has 0 heterocycles. The standard InChI is InChI=1S/C11H12N2O2/c1-9(3-2-8-12)10-4-6-11(7-5-10)13(14)15/h4-7,9H,2-3H2,1H3. The highest BCUT2D eigenvalue weighted by Crippen LogP contribution is 2.22. The third-order valence-electron chi connectivity index (χ3n) is 2.36. The van der Waals surface area contributed by atoms with Crippen molar-refractivity contribution in [2.24, 2.45) is 0 Å². The van der Waals surface area contributed by atoms with Gasteiger partial charge in [-0.15, -0.1) is 0 Å². The molecule has 1 aromatic rings. The lowest BCUT2D eigenvalue weighted by molar-refractivity contribution is -0.384. The number of hydrogen-bond donors (Lipinski definition) is 0. The normalized spacial score (nSPS) is 11.7. The Morgan fingerprint density at radius 1 is 1.47 bits per heavy atom. The van der Waals surface area contributed by atoms with Crippen LogP contribution in [0.25, 0.3) is 0 Å². The predicted molar refractivity (Wildman–Crippen MR) is 56.4 cm³/mol. The molecule has 0 spiro atoms. The van der Waals surface area contributed by atoms with Crippen LogP contribution in [0.1, 0.15) is 31.2 Å². The van der Waals surface area contributed by atoms with E-state index in [-0.39, 0.29) is 11.6 Å². The lowest BCUT2D eigenvalue weighted by atomic mass is 9.96. The van der Waals surface area contributed by atoms with Gasteiger partial charge in [0.1, 0.15) is 0 Å². The number of nitrogens with zero attached hydrogens (tertiary/aromatic N) is 2. The number of rotatable bonds is 4. The van der Waals surface area contributed by atoms with Gasteiger partial charge >= 0.3 is 0 Å². The van der Waals surface area contributed by atoms with Crippen LogP contribution in [0, 0.1) is 21.4 Å². The van der Waals surface area contributed by atoms with Gasteiger partial charge in [-0.25, -0.2) is 0 Å². The Kier molecular flexibility index (Phi) is 3.81. The van der Waals surface area contributed by atoms with Gasteiger partial charge in [0.25, 0.3) is 5.69 Å². The summed E-state index contributed by atoms with van der Waals surface area (Å²) < 4.78 is 0. The van der Waals surface area contributed by atoms with Crippen molar-refractivity contribution in [2.45, 2.75) is 25.7 Å². The second-order valence-corrected chi connectivity index (χ2v) is 3.45. The summed E-state index contributed by atoms with van der Waals surface area (Å²) in [5.74, 6) is 0.269. The molecule has 1 atom stereocenters. The molecule has 0 aliphatic carbocycles. The third-order valence-corrected chi connectivity index (χ3v) is 2.36. The zero-order valence-corrected chi connectivity index (χ0v) is 8.51. The average Bonchev–Trinajstić information content (AvgIpc) is 2.26. The first kappa shape index (κ1) is 11.2. The fourth-order valence-corrected chi connectivity index (χ4v) is 1.37. The predicted octanol–water partition coefficient (Wildman–Crippen LogP) is 3.00. The van der Waals surface area contributed by atoms with E-state index in [0.717, 1.165) is 12.0 Å². The van der Waals surface area contributed by atoms with Crippen LogP contribution in [-0.4, -0.2) is 4.92 Å². The van der Waals surface area contributed by atoms with Crippen LogP contribution in [0.2, 0.25) is 0 Å². The molecule has 0 aliphatic rings. The lowest BCUT2D eigenvalue weighted by Gasteiger charge is -2.08. The van der Waals surface area contributed by atoms with E-state index in [2.05, 4.69) is 6.07 Å². The smallest absolute Gasteiger partial charge is 0.258 e. The third kappa shape index (κ3) is 3.06. The van der Waals surface area contributed by atoms with E-state index in [1.807, 2.05) is 6.92 Å². The zero-order chi connectivity index (χ0) is 11.3. The largest absolute Gasteiger partial charge is 0.269 e. The van der Waals surface area contributed by atoms with Crippen molar-refractivity contribution in [1.82, 2.24) is 0 Å². The molecule has 1 rings (SSSR count). The topological polar surface area (TPSA) is 66.9 Å². The zero-order valence-electron chi connectivity index (χ0n) is 8.51. The Bertz CT molecular complexity index is 379. The van der Waals surface area contributed by atoms with Gasteiger partial charge in [0.05, 0.1) is 11.0 Å². The monoisotopic (exact) mass is 204 g/mol. The summed E-state index contributed by atoms with van der Waals surface area (Å²) in [6, 6.07) is 8.59. The molecule has 0 N–H and O–H groups in total. The molecule has 1 aromatic carbocycles. The average molecular weight is 204 g/mol. The van der Waals surface area contributed by atoms with Crippen LogP contribution in [0.3, 0.4) is 0 Å². The molecule has 78 valence electrons. The molecular weight excluding hydrogens is 192 g/mol. The summed E-state index contributed by atoms with van der Waals surface area (Å²) >= 11 is 0. The maximum absolute atomic E-state index is 10.4. The van der Waals surface area contributed by atoms with Gasteiger partial charge < -0.3 is 0 Å². The van der Waals surface area contributed by atoms with Gasteiger partial charge in [-0.05, 0) is 17.9 Å². The highest BCUT2D eigenvalue weighted by atomic mass is 16.6. The molecule has 4 heteroatoms. The first-order valence-corrected chi connectivity index (χ1v) is 4.76. The minimum absolute atomic E-state index is 0.103. The minimum atomic E-state index is -0.413. The van der Waals surface area contributed by atoms with E-state index < -0.39 is 4.92 Å². The molecule has 0 saturated carbocycles. The second kappa shape index (κ2) is 5.11. The number of nitro groups is 1. The number of non-ortho nitro benzene ring substituents is 1.